The molecule has 174 valence electrons. The lowest BCUT2D eigenvalue weighted by Gasteiger charge is -2.35. The van der Waals surface area contributed by atoms with E-state index in [9.17, 15) is 4.79 Å². The summed E-state index contributed by atoms with van der Waals surface area (Å²) < 4.78 is 0. The maximum absolute atomic E-state index is 13.5. The van der Waals surface area contributed by atoms with Crippen molar-refractivity contribution in [2.45, 2.75) is 25.9 Å². The molecule has 0 fully saturated rings. The number of anilines is 2. The summed E-state index contributed by atoms with van der Waals surface area (Å²) in [5.41, 5.74) is 13.4. The van der Waals surface area contributed by atoms with Crippen LogP contribution in [0.4, 0.5) is 16.2 Å². The highest BCUT2D eigenvalue weighted by molar-refractivity contribution is 6.08. The fourth-order valence-electron chi connectivity index (χ4n) is 4.59. The van der Waals surface area contributed by atoms with Crippen molar-refractivity contribution < 1.29 is 4.79 Å². The fourth-order valence-corrected chi connectivity index (χ4v) is 4.59. The molecular formula is C27H25N7O. The molecule has 35 heavy (non-hydrogen) atoms. The molecule has 0 saturated heterocycles. The van der Waals surface area contributed by atoms with Crippen LogP contribution >= 0.6 is 0 Å². The number of H-pyrrole nitrogens is 1. The van der Waals surface area contributed by atoms with Crippen LogP contribution in [0.25, 0.3) is 33.2 Å². The van der Waals surface area contributed by atoms with E-state index in [0.717, 1.165) is 50.2 Å². The molecule has 8 nitrogen and oxygen atoms in total. The minimum Gasteiger partial charge on any atom is -0.323 e. The van der Waals surface area contributed by atoms with E-state index < -0.39 is 5.54 Å². The van der Waals surface area contributed by atoms with E-state index in [4.69, 9.17) is 10.7 Å². The Kier molecular flexibility index (Phi) is 4.62. The lowest BCUT2D eigenvalue weighted by atomic mass is 9.95. The first kappa shape index (κ1) is 21.2. The molecule has 5 aromatic rings. The Morgan fingerprint density at radius 3 is 2.60 bits per heavy atom. The first-order chi connectivity index (χ1) is 16.8. The van der Waals surface area contributed by atoms with Gasteiger partial charge in [-0.05, 0) is 55.8 Å². The van der Waals surface area contributed by atoms with E-state index in [2.05, 4.69) is 21.2 Å². The average molecular weight is 464 g/mol. The molecule has 2 aromatic carbocycles. The second kappa shape index (κ2) is 7.61. The van der Waals surface area contributed by atoms with E-state index in [0.29, 0.717) is 12.1 Å². The number of hydrogen-bond donors (Lipinski definition) is 2. The predicted molar refractivity (Wildman–Crippen MR) is 137 cm³/mol. The smallest absolute Gasteiger partial charge is 0.323 e. The Labute approximate surface area is 202 Å². The van der Waals surface area contributed by atoms with Crippen LogP contribution in [0, 0.1) is 0 Å². The molecule has 0 atom stereocenters. The lowest BCUT2D eigenvalue weighted by Crippen LogP contribution is -2.42. The van der Waals surface area contributed by atoms with E-state index in [-0.39, 0.29) is 6.03 Å². The number of pyridine rings is 2. The van der Waals surface area contributed by atoms with E-state index in [1.807, 2.05) is 68.6 Å². The quantitative estimate of drug-likeness (QED) is 0.389. The van der Waals surface area contributed by atoms with Gasteiger partial charge in [0.25, 0.3) is 0 Å². The summed E-state index contributed by atoms with van der Waals surface area (Å²) in [5, 5.41) is 8.10. The van der Waals surface area contributed by atoms with E-state index >= 15 is 0 Å². The summed E-state index contributed by atoms with van der Waals surface area (Å²) in [6.07, 6.45) is 3.63. The number of nitrogens with two attached hydrogens (primary N) is 1. The van der Waals surface area contributed by atoms with Crippen LogP contribution in [0.1, 0.15) is 25.0 Å². The molecular weight excluding hydrogens is 438 g/mol. The van der Waals surface area contributed by atoms with Gasteiger partial charge in [-0.1, -0.05) is 18.2 Å². The number of benzene rings is 2. The number of carbonyl (C=O) groups excluding carboxylic acids is 1. The Morgan fingerprint density at radius 2 is 1.83 bits per heavy atom. The number of amides is 2. The minimum atomic E-state index is -0.470. The number of urea groups is 1. The van der Waals surface area contributed by atoms with Crippen molar-refractivity contribution >= 4 is 39.3 Å². The first-order valence-electron chi connectivity index (χ1n) is 11.5. The molecule has 0 radical (unpaired) electrons. The Bertz CT molecular complexity index is 1600. The molecule has 4 heterocycles. The molecule has 1 aliphatic heterocycles. The highest BCUT2D eigenvalue weighted by Gasteiger charge is 2.32. The number of carbonyl (C=O) groups is 1. The van der Waals surface area contributed by atoms with Crippen molar-refractivity contribution in [2.24, 2.45) is 5.73 Å². The summed E-state index contributed by atoms with van der Waals surface area (Å²) in [6, 6.07) is 17.7. The van der Waals surface area contributed by atoms with Gasteiger partial charge in [0, 0.05) is 35.3 Å². The molecule has 0 bridgehead atoms. The maximum Gasteiger partial charge on any atom is 0.329 e. The molecule has 0 aliphatic carbocycles. The van der Waals surface area contributed by atoms with Crippen molar-refractivity contribution in [3.63, 3.8) is 0 Å². The van der Waals surface area contributed by atoms with Gasteiger partial charge >= 0.3 is 6.03 Å². The van der Waals surface area contributed by atoms with E-state index in [1.165, 1.54) is 0 Å². The Hall–Kier alpha value is -4.30. The SMILES string of the molecule is CN1Cc2cnc3ccc(-c4ccc5[nH]ncc5c4)nc3c2N(c2ccc(C(C)(C)N)cc2)C1=O. The van der Waals surface area contributed by atoms with Crippen molar-refractivity contribution in [1.29, 1.82) is 0 Å². The fraction of sp³-hybridized carbons (Fsp3) is 0.185. The van der Waals surface area contributed by atoms with Gasteiger partial charge in [-0.25, -0.2) is 9.78 Å². The van der Waals surface area contributed by atoms with Gasteiger partial charge in [-0.3, -0.25) is 15.0 Å². The normalized spacial score (nSPS) is 14.1. The zero-order chi connectivity index (χ0) is 24.3. The largest absolute Gasteiger partial charge is 0.329 e. The molecule has 0 spiro atoms. The van der Waals surface area contributed by atoms with Crippen LogP contribution in [-0.2, 0) is 12.1 Å². The first-order valence-corrected chi connectivity index (χ1v) is 11.5. The van der Waals surface area contributed by atoms with Gasteiger partial charge in [-0.15, -0.1) is 0 Å². The summed E-state index contributed by atoms with van der Waals surface area (Å²) in [6.45, 7) is 4.39. The van der Waals surface area contributed by atoms with Crippen molar-refractivity contribution in [3.8, 4) is 11.3 Å². The van der Waals surface area contributed by atoms with Crippen LogP contribution in [0.15, 0.2) is 67.0 Å². The second-order valence-electron chi connectivity index (χ2n) is 9.61. The predicted octanol–water partition coefficient (Wildman–Crippen LogP) is 5.07. The molecule has 3 N–H and O–H groups in total. The highest BCUT2D eigenvalue weighted by atomic mass is 16.2. The third kappa shape index (κ3) is 3.50. The van der Waals surface area contributed by atoms with Gasteiger partial charge in [0.15, 0.2) is 0 Å². The molecule has 1 aliphatic rings. The maximum atomic E-state index is 13.5. The van der Waals surface area contributed by atoms with Gasteiger partial charge in [0.1, 0.15) is 5.52 Å². The molecule has 8 heteroatoms. The summed E-state index contributed by atoms with van der Waals surface area (Å²) in [4.78, 5) is 26.5. The van der Waals surface area contributed by atoms with Crippen LogP contribution in [0.5, 0.6) is 0 Å². The highest BCUT2D eigenvalue weighted by Crippen LogP contribution is 2.39. The number of nitrogens with one attached hydrogen (secondary N) is 1. The molecule has 0 saturated carbocycles. The van der Waals surface area contributed by atoms with Crippen molar-refractivity contribution in [2.75, 3.05) is 11.9 Å². The lowest BCUT2D eigenvalue weighted by molar-refractivity contribution is 0.213. The second-order valence-corrected chi connectivity index (χ2v) is 9.61. The molecule has 2 amide bonds. The Balaban J connectivity index is 1.54. The van der Waals surface area contributed by atoms with Gasteiger partial charge in [0.2, 0.25) is 0 Å². The number of hydrogen-bond acceptors (Lipinski definition) is 5. The minimum absolute atomic E-state index is 0.114. The summed E-state index contributed by atoms with van der Waals surface area (Å²) in [5.74, 6) is 0. The molecule has 6 rings (SSSR count). The topological polar surface area (TPSA) is 104 Å². The standard InChI is InChI=1S/C27H25N7O/c1-27(2,28)19-5-7-20(8-6-19)34-25-18(15-33(3)26(34)35)13-29-23-11-10-21(31-24(23)25)16-4-9-22-17(12-16)14-30-32-22/h4-14H,15,28H2,1-3H3,(H,30,32). The van der Waals surface area contributed by atoms with Crippen LogP contribution in [-0.4, -0.2) is 38.1 Å². The van der Waals surface area contributed by atoms with Gasteiger partial charge < -0.3 is 10.6 Å². The number of aromatic nitrogens is 4. The van der Waals surface area contributed by atoms with Crippen molar-refractivity contribution in [3.05, 3.63) is 78.1 Å². The third-order valence-corrected chi connectivity index (χ3v) is 6.52. The average Bonchev–Trinajstić information content (AvgIpc) is 3.32. The van der Waals surface area contributed by atoms with Crippen LogP contribution in [0.2, 0.25) is 0 Å². The zero-order valence-electron chi connectivity index (χ0n) is 19.8. The monoisotopic (exact) mass is 463 g/mol. The molecule has 3 aromatic heterocycles. The molecule has 0 unspecified atom stereocenters. The summed E-state index contributed by atoms with van der Waals surface area (Å²) >= 11 is 0. The number of aromatic amines is 1. The van der Waals surface area contributed by atoms with E-state index in [1.54, 1.807) is 23.0 Å². The third-order valence-electron chi connectivity index (χ3n) is 6.52. The van der Waals surface area contributed by atoms with Crippen molar-refractivity contribution in [1.82, 2.24) is 25.1 Å². The van der Waals surface area contributed by atoms with Crippen LogP contribution < -0.4 is 10.6 Å². The number of nitrogens with zero attached hydrogens (tertiary/aromatic N) is 5. The zero-order valence-corrected chi connectivity index (χ0v) is 19.8. The van der Waals surface area contributed by atoms with Gasteiger partial charge in [-0.2, -0.15) is 5.10 Å². The summed E-state index contributed by atoms with van der Waals surface area (Å²) in [7, 11) is 1.80. The Morgan fingerprint density at radius 1 is 1.03 bits per heavy atom. The number of rotatable bonds is 3. The van der Waals surface area contributed by atoms with Gasteiger partial charge in [0.05, 0.1) is 40.8 Å². The number of fused-ring (bicyclic) bond motifs is 4. The van der Waals surface area contributed by atoms with Crippen LogP contribution in [0.3, 0.4) is 0 Å².